The standard InChI is InChI=1S/C21H18Cl2N4O4S/c1-12-8-19(26-21(23)25-12)31-18-9-13(2-7-17(18)22)14-10-20(28)27(11-14)15-3-5-16(6-4-15)32(24,29)30/h2-9,14H,10-11H2,1H3,(H2,24,29,30)/t14-/m0/s1. The van der Waals surface area contributed by atoms with Crippen molar-refractivity contribution in [1.29, 1.82) is 0 Å². The van der Waals surface area contributed by atoms with Crippen LogP contribution in [-0.4, -0.2) is 30.8 Å². The number of sulfonamides is 1. The van der Waals surface area contributed by atoms with Crippen LogP contribution in [0.25, 0.3) is 0 Å². The summed E-state index contributed by atoms with van der Waals surface area (Å²) in [5, 5.41) is 5.59. The van der Waals surface area contributed by atoms with Gasteiger partial charge in [-0.2, -0.15) is 4.98 Å². The van der Waals surface area contributed by atoms with Crippen molar-refractivity contribution in [3.05, 3.63) is 70.1 Å². The summed E-state index contributed by atoms with van der Waals surface area (Å²) in [6, 6.07) is 12.9. The minimum Gasteiger partial charge on any atom is -0.437 e. The predicted molar refractivity (Wildman–Crippen MR) is 121 cm³/mol. The molecular weight excluding hydrogens is 475 g/mol. The molecule has 11 heteroatoms. The third kappa shape index (κ3) is 4.86. The lowest BCUT2D eigenvalue weighted by Gasteiger charge is -2.18. The number of carbonyl (C=O) groups is 1. The fraction of sp³-hybridized carbons (Fsp3) is 0.190. The van der Waals surface area contributed by atoms with Crippen molar-refractivity contribution in [3.63, 3.8) is 0 Å². The Morgan fingerprint density at radius 2 is 1.81 bits per heavy atom. The van der Waals surface area contributed by atoms with E-state index in [2.05, 4.69) is 9.97 Å². The van der Waals surface area contributed by atoms with Gasteiger partial charge in [0.2, 0.25) is 27.1 Å². The number of aromatic nitrogens is 2. The van der Waals surface area contributed by atoms with Crippen LogP contribution in [0.15, 0.2) is 53.4 Å². The normalized spacial score (nSPS) is 16.4. The number of ether oxygens (including phenoxy) is 1. The first-order valence-corrected chi connectivity index (χ1v) is 11.8. The Kier molecular flexibility index (Phi) is 6.09. The average molecular weight is 493 g/mol. The van der Waals surface area contributed by atoms with Crippen molar-refractivity contribution in [2.45, 2.75) is 24.2 Å². The van der Waals surface area contributed by atoms with Crippen molar-refractivity contribution in [1.82, 2.24) is 9.97 Å². The summed E-state index contributed by atoms with van der Waals surface area (Å²) >= 11 is 12.2. The Morgan fingerprint density at radius 1 is 1.09 bits per heavy atom. The molecule has 0 unspecified atom stereocenters. The fourth-order valence-electron chi connectivity index (χ4n) is 3.52. The summed E-state index contributed by atoms with van der Waals surface area (Å²) in [6.07, 6.45) is 0.288. The molecule has 8 nitrogen and oxygen atoms in total. The van der Waals surface area contributed by atoms with Crippen LogP contribution < -0.4 is 14.8 Å². The second-order valence-corrected chi connectivity index (χ2v) is 9.66. The maximum Gasteiger partial charge on any atom is 0.238 e. The van der Waals surface area contributed by atoms with Crippen molar-refractivity contribution < 1.29 is 17.9 Å². The molecule has 0 radical (unpaired) electrons. The Hall–Kier alpha value is -2.72. The number of anilines is 1. The van der Waals surface area contributed by atoms with Crippen molar-refractivity contribution in [3.8, 4) is 11.6 Å². The van der Waals surface area contributed by atoms with E-state index in [0.29, 0.717) is 28.7 Å². The lowest BCUT2D eigenvalue weighted by atomic mass is 9.98. The minimum atomic E-state index is -3.80. The van der Waals surface area contributed by atoms with Gasteiger partial charge in [0, 0.05) is 36.3 Å². The monoisotopic (exact) mass is 492 g/mol. The van der Waals surface area contributed by atoms with Gasteiger partial charge in [0.05, 0.1) is 9.92 Å². The highest BCUT2D eigenvalue weighted by Gasteiger charge is 2.32. The van der Waals surface area contributed by atoms with E-state index in [4.69, 9.17) is 33.1 Å². The van der Waals surface area contributed by atoms with Crippen molar-refractivity contribution >= 4 is 44.8 Å². The number of carbonyl (C=O) groups excluding carboxylic acids is 1. The van der Waals surface area contributed by atoms with E-state index in [9.17, 15) is 13.2 Å². The maximum atomic E-state index is 12.7. The van der Waals surface area contributed by atoms with E-state index in [-0.39, 0.29) is 34.3 Å². The van der Waals surface area contributed by atoms with Gasteiger partial charge in [-0.3, -0.25) is 4.79 Å². The first kappa shape index (κ1) is 22.5. The van der Waals surface area contributed by atoms with Crippen LogP contribution in [0.5, 0.6) is 11.6 Å². The van der Waals surface area contributed by atoms with E-state index in [1.54, 1.807) is 42.2 Å². The van der Waals surface area contributed by atoms with E-state index in [0.717, 1.165) is 5.56 Å². The molecule has 4 rings (SSSR count). The Bertz CT molecular complexity index is 1280. The first-order chi connectivity index (χ1) is 15.1. The summed E-state index contributed by atoms with van der Waals surface area (Å²) in [5.74, 6) is 0.479. The number of amides is 1. The largest absolute Gasteiger partial charge is 0.437 e. The molecule has 1 aliphatic heterocycles. The molecule has 1 atom stereocenters. The number of nitrogens with zero attached hydrogens (tertiary/aromatic N) is 3. The summed E-state index contributed by atoms with van der Waals surface area (Å²) in [6.45, 7) is 2.19. The first-order valence-electron chi connectivity index (χ1n) is 9.52. The molecule has 1 fully saturated rings. The number of hydrogen-bond acceptors (Lipinski definition) is 6. The van der Waals surface area contributed by atoms with Gasteiger partial charge in [-0.25, -0.2) is 18.5 Å². The second kappa shape index (κ2) is 8.67. The van der Waals surface area contributed by atoms with E-state index >= 15 is 0 Å². The van der Waals surface area contributed by atoms with Crippen LogP contribution in [0.4, 0.5) is 5.69 Å². The molecular formula is C21H18Cl2N4O4S. The van der Waals surface area contributed by atoms with E-state index in [1.807, 2.05) is 6.07 Å². The molecule has 0 bridgehead atoms. The third-order valence-corrected chi connectivity index (χ3v) is 6.46. The zero-order valence-corrected chi connectivity index (χ0v) is 19.2. The van der Waals surface area contributed by atoms with E-state index < -0.39 is 10.0 Å². The molecule has 0 aliphatic carbocycles. The molecule has 2 heterocycles. The van der Waals surface area contributed by atoms with Gasteiger partial charge >= 0.3 is 0 Å². The summed E-state index contributed by atoms with van der Waals surface area (Å²) in [7, 11) is -3.80. The SMILES string of the molecule is Cc1cc(Oc2cc([C@H]3CC(=O)N(c4ccc(S(N)(=O)=O)cc4)C3)ccc2Cl)nc(Cl)n1. The van der Waals surface area contributed by atoms with Gasteiger partial charge in [-0.15, -0.1) is 0 Å². The number of halogens is 2. The topological polar surface area (TPSA) is 115 Å². The molecule has 1 aromatic heterocycles. The fourth-order valence-corrected chi connectivity index (χ4v) is 4.41. The smallest absolute Gasteiger partial charge is 0.238 e. The number of hydrogen-bond donors (Lipinski definition) is 1. The molecule has 2 aromatic carbocycles. The molecule has 0 spiro atoms. The average Bonchev–Trinajstić information content (AvgIpc) is 3.10. The van der Waals surface area contributed by atoms with Crippen LogP contribution in [0, 0.1) is 6.92 Å². The Labute approximate surface area is 195 Å². The minimum absolute atomic E-state index is 0.0102. The zero-order valence-electron chi connectivity index (χ0n) is 16.8. The molecule has 166 valence electrons. The van der Waals surface area contributed by atoms with Gasteiger partial charge < -0.3 is 9.64 Å². The van der Waals surface area contributed by atoms with Crippen LogP contribution in [-0.2, 0) is 14.8 Å². The highest BCUT2D eigenvalue weighted by molar-refractivity contribution is 7.89. The van der Waals surface area contributed by atoms with Crippen molar-refractivity contribution in [2.24, 2.45) is 5.14 Å². The number of aryl methyl sites for hydroxylation is 1. The lowest BCUT2D eigenvalue weighted by Crippen LogP contribution is -2.24. The summed E-state index contributed by atoms with van der Waals surface area (Å²) in [5.41, 5.74) is 2.12. The molecule has 1 amide bonds. The number of rotatable bonds is 5. The van der Waals surface area contributed by atoms with Crippen LogP contribution in [0.1, 0.15) is 23.6 Å². The number of primary sulfonamides is 1. The number of benzene rings is 2. The third-order valence-electron chi connectivity index (χ3n) is 5.05. The Balaban J connectivity index is 1.55. The summed E-state index contributed by atoms with van der Waals surface area (Å²) in [4.78, 5) is 22.3. The molecule has 1 saturated heterocycles. The zero-order chi connectivity index (χ0) is 23.0. The maximum absolute atomic E-state index is 12.7. The van der Waals surface area contributed by atoms with Gasteiger partial charge in [-0.05, 0) is 60.5 Å². The molecule has 3 aromatic rings. The van der Waals surface area contributed by atoms with Gasteiger partial charge in [0.25, 0.3) is 0 Å². The van der Waals surface area contributed by atoms with Crippen LogP contribution in [0.2, 0.25) is 10.3 Å². The molecule has 0 saturated carbocycles. The van der Waals surface area contributed by atoms with Gasteiger partial charge in [0.15, 0.2) is 0 Å². The van der Waals surface area contributed by atoms with E-state index in [1.165, 1.54) is 12.1 Å². The highest BCUT2D eigenvalue weighted by Crippen LogP contribution is 2.37. The predicted octanol–water partition coefficient (Wildman–Crippen LogP) is 4.05. The van der Waals surface area contributed by atoms with Gasteiger partial charge in [0.1, 0.15) is 5.75 Å². The molecule has 32 heavy (non-hydrogen) atoms. The molecule has 2 N–H and O–H groups in total. The second-order valence-electron chi connectivity index (χ2n) is 7.35. The van der Waals surface area contributed by atoms with Crippen LogP contribution in [0.3, 0.4) is 0 Å². The quantitative estimate of drug-likeness (QED) is 0.537. The highest BCUT2D eigenvalue weighted by atomic mass is 35.5. The lowest BCUT2D eigenvalue weighted by molar-refractivity contribution is -0.117. The van der Waals surface area contributed by atoms with Crippen molar-refractivity contribution in [2.75, 3.05) is 11.4 Å². The molecule has 1 aliphatic rings. The Morgan fingerprint density at radius 3 is 2.47 bits per heavy atom. The van der Waals surface area contributed by atoms with Gasteiger partial charge in [-0.1, -0.05) is 17.7 Å². The summed E-state index contributed by atoms with van der Waals surface area (Å²) < 4.78 is 28.7. The van der Waals surface area contributed by atoms with Crippen LogP contribution >= 0.6 is 23.2 Å². The number of nitrogens with two attached hydrogens (primary N) is 1.